The van der Waals surface area contributed by atoms with Crippen molar-refractivity contribution >= 4 is 23.5 Å². The van der Waals surface area contributed by atoms with Gasteiger partial charge in [-0.2, -0.15) is 0 Å². The number of hydrogen-bond donors (Lipinski definition) is 0. The van der Waals surface area contributed by atoms with Gasteiger partial charge in [0.1, 0.15) is 11.6 Å². The first-order chi connectivity index (χ1) is 12.5. The Bertz CT molecular complexity index is 849. The predicted octanol–water partition coefficient (Wildman–Crippen LogP) is 2.57. The molecule has 2 aromatic rings. The second-order valence-electron chi connectivity index (χ2n) is 5.79. The molecule has 0 aromatic heterocycles. The van der Waals surface area contributed by atoms with Crippen molar-refractivity contribution in [1.82, 2.24) is 0 Å². The van der Waals surface area contributed by atoms with Crippen LogP contribution in [0, 0.1) is 11.7 Å². The van der Waals surface area contributed by atoms with Gasteiger partial charge in [0.2, 0.25) is 5.91 Å². The van der Waals surface area contributed by atoms with E-state index in [2.05, 4.69) is 4.74 Å². The van der Waals surface area contributed by atoms with Crippen LogP contribution in [0.1, 0.15) is 16.8 Å². The van der Waals surface area contributed by atoms with Crippen molar-refractivity contribution in [3.63, 3.8) is 0 Å². The van der Waals surface area contributed by atoms with Gasteiger partial charge in [-0.15, -0.1) is 0 Å². The van der Waals surface area contributed by atoms with Crippen LogP contribution in [0.2, 0.25) is 0 Å². The van der Waals surface area contributed by atoms with Crippen molar-refractivity contribution in [3.05, 3.63) is 59.9 Å². The van der Waals surface area contributed by atoms with Gasteiger partial charge in [-0.3, -0.25) is 9.59 Å². The highest BCUT2D eigenvalue weighted by Crippen LogP contribution is 2.28. The lowest BCUT2D eigenvalue weighted by atomic mass is 10.1. The molecule has 1 heterocycles. The first kappa shape index (κ1) is 17.6. The fraction of sp³-hybridized carbons (Fsp3) is 0.211. The van der Waals surface area contributed by atoms with Gasteiger partial charge in [0.25, 0.3) is 0 Å². The molecule has 134 valence electrons. The summed E-state index contributed by atoms with van der Waals surface area (Å²) in [5.74, 6) is -2.37. The van der Waals surface area contributed by atoms with Gasteiger partial charge in [0, 0.05) is 13.0 Å². The van der Waals surface area contributed by atoms with E-state index in [-0.39, 0.29) is 30.3 Å². The predicted molar refractivity (Wildman–Crippen MR) is 90.3 cm³/mol. The van der Waals surface area contributed by atoms with Crippen LogP contribution < -0.4 is 9.64 Å². The van der Waals surface area contributed by atoms with Crippen molar-refractivity contribution in [2.45, 2.75) is 6.42 Å². The minimum absolute atomic E-state index is 0.0482. The van der Waals surface area contributed by atoms with Crippen LogP contribution in [0.3, 0.4) is 0 Å². The molecule has 1 atom stereocenters. The molecule has 0 saturated carbocycles. The van der Waals surface area contributed by atoms with Crippen LogP contribution in [0.15, 0.2) is 48.5 Å². The van der Waals surface area contributed by atoms with Crippen molar-refractivity contribution in [2.75, 3.05) is 18.6 Å². The highest BCUT2D eigenvalue weighted by molar-refractivity contribution is 5.99. The van der Waals surface area contributed by atoms with Gasteiger partial charge in [0.15, 0.2) is 0 Å². The maximum absolute atomic E-state index is 13.9. The van der Waals surface area contributed by atoms with Crippen LogP contribution in [0.5, 0.6) is 5.75 Å². The van der Waals surface area contributed by atoms with E-state index < -0.39 is 23.7 Å². The number of hydrogen-bond acceptors (Lipinski definition) is 5. The van der Waals surface area contributed by atoms with Gasteiger partial charge in [-0.05, 0) is 36.4 Å². The first-order valence-corrected chi connectivity index (χ1v) is 7.94. The van der Waals surface area contributed by atoms with E-state index in [4.69, 9.17) is 4.74 Å². The average molecular weight is 357 g/mol. The number of nitrogens with zero attached hydrogens (tertiary/aromatic N) is 1. The lowest BCUT2D eigenvalue weighted by molar-refractivity contribution is -0.139. The number of anilines is 1. The Kier molecular flexibility index (Phi) is 4.97. The number of carbonyl (C=O) groups excluding carboxylic acids is 3. The van der Waals surface area contributed by atoms with Crippen LogP contribution in [-0.4, -0.2) is 31.5 Å². The topological polar surface area (TPSA) is 72.9 Å². The maximum Gasteiger partial charge on any atom is 0.337 e. The third-order valence-corrected chi connectivity index (χ3v) is 4.10. The molecule has 1 saturated heterocycles. The normalized spacial score (nSPS) is 16.5. The van der Waals surface area contributed by atoms with E-state index in [1.54, 1.807) is 6.07 Å². The number of carbonyl (C=O) groups is 3. The summed E-state index contributed by atoms with van der Waals surface area (Å²) in [6, 6.07) is 11.8. The molecular weight excluding hydrogens is 341 g/mol. The fourth-order valence-corrected chi connectivity index (χ4v) is 2.75. The lowest BCUT2D eigenvalue weighted by Crippen LogP contribution is -2.28. The highest BCUT2D eigenvalue weighted by Gasteiger charge is 2.37. The average Bonchev–Trinajstić information content (AvgIpc) is 3.04. The van der Waals surface area contributed by atoms with E-state index in [0.717, 1.165) is 0 Å². The quantitative estimate of drug-likeness (QED) is 0.621. The molecule has 2 aromatic carbocycles. The first-order valence-electron chi connectivity index (χ1n) is 7.94. The Balaban J connectivity index is 1.67. The van der Waals surface area contributed by atoms with E-state index in [1.807, 2.05) is 0 Å². The molecule has 1 aliphatic heterocycles. The van der Waals surface area contributed by atoms with Crippen LogP contribution >= 0.6 is 0 Å². The Hall–Kier alpha value is -3.22. The van der Waals surface area contributed by atoms with Crippen LogP contribution in [0.25, 0.3) is 0 Å². The summed E-state index contributed by atoms with van der Waals surface area (Å²) in [6.45, 7) is 0.0544. The summed E-state index contributed by atoms with van der Waals surface area (Å²) in [7, 11) is 1.27. The highest BCUT2D eigenvalue weighted by atomic mass is 19.1. The molecule has 1 aliphatic rings. The Morgan fingerprint density at radius 2 is 1.81 bits per heavy atom. The lowest BCUT2D eigenvalue weighted by Gasteiger charge is -2.17. The number of benzene rings is 2. The molecule has 1 fully saturated rings. The summed E-state index contributed by atoms with van der Waals surface area (Å²) < 4.78 is 23.7. The molecular formula is C19H16FNO5. The number of para-hydroxylation sites is 1. The van der Waals surface area contributed by atoms with Gasteiger partial charge >= 0.3 is 11.9 Å². The van der Waals surface area contributed by atoms with Gasteiger partial charge in [0.05, 0.1) is 24.3 Å². The number of esters is 2. The van der Waals surface area contributed by atoms with E-state index >= 15 is 0 Å². The molecule has 0 spiro atoms. The zero-order chi connectivity index (χ0) is 18.7. The molecule has 0 N–H and O–H groups in total. The summed E-state index contributed by atoms with van der Waals surface area (Å²) >= 11 is 0. The molecule has 6 nitrogen and oxygen atoms in total. The summed E-state index contributed by atoms with van der Waals surface area (Å²) in [6.07, 6.45) is -0.0482. The van der Waals surface area contributed by atoms with Crippen LogP contribution in [-0.2, 0) is 14.3 Å². The van der Waals surface area contributed by atoms with Crippen molar-refractivity contribution in [3.8, 4) is 5.75 Å². The van der Waals surface area contributed by atoms with E-state index in [1.165, 1.54) is 54.5 Å². The van der Waals surface area contributed by atoms with Crippen LogP contribution in [0.4, 0.5) is 10.1 Å². The minimum Gasteiger partial charge on any atom is -0.465 e. The molecule has 1 amide bonds. The molecule has 0 unspecified atom stereocenters. The Labute approximate surface area is 149 Å². The third kappa shape index (κ3) is 3.56. The minimum atomic E-state index is -0.692. The Morgan fingerprint density at radius 3 is 2.46 bits per heavy atom. The fourth-order valence-electron chi connectivity index (χ4n) is 2.75. The standard InChI is InChI=1S/C19H16FNO5/c1-25-18(23)12-6-8-14(9-7-12)26-19(24)13-10-17(22)21(11-13)16-5-3-2-4-15(16)20/h2-9,13H,10-11H2,1H3/t13-/m0/s1. The largest absolute Gasteiger partial charge is 0.465 e. The van der Waals surface area contributed by atoms with Gasteiger partial charge < -0.3 is 14.4 Å². The van der Waals surface area contributed by atoms with Gasteiger partial charge in [-0.25, -0.2) is 9.18 Å². The van der Waals surface area contributed by atoms with Gasteiger partial charge in [-0.1, -0.05) is 12.1 Å². The number of amides is 1. The smallest absolute Gasteiger partial charge is 0.337 e. The van der Waals surface area contributed by atoms with E-state index in [9.17, 15) is 18.8 Å². The monoisotopic (exact) mass is 357 g/mol. The molecule has 3 rings (SSSR count). The number of halogens is 1. The van der Waals surface area contributed by atoms with Crippen molar-refractivity contribution < 1.29 is 28.2 Å². The maximum atomic E-state index is 13.9. The summed E-state index contributed by atoms with van der Waals surface area (Å²) in [4.78, 5) is 37.1. The second kappa shape index (κ2) is 7.35. The van der Waals surface area contributed by atoms with E-state index in [0.29, 0.717) is 5.56 Å². The molecule has 0 aliphatic carbocycles. The molecule has 7 heteroatoms. The van der Waals surface area contributed by atoms with Crippen molar-refractivity contribution in [2.24, 2.45) is 5.92 Å². The zero-order valence-corrected chi connectivity index (χ0v) is 14.0. The number of methoxy groups -OCH3 is 1. The summed E-state index contributed by atoms with van der Waals surface area (Å²) in [5, 5.41) is 0. The molecule has 0 bridgehead atoms. The molecule has 26 heavy (non-hydrogen) atoms. The SMILES string of the molecule is COC(=O)c1ccc(OC(=O)[C@H]2CC(=O)N(c3ccccc3F)C2)cc1. The Morgan fingerprint density at radius 1 is 1.12 bits per heavy atom. The summed E-state index contributed by atoms with van der Waals surface area (Å²) in [5.41, 5.74) is 0.476. The second-order valence-corrected chi connectivity index (χ2v) is 5.79. The number of rotatable bonds is 4. The molecule has 0 radical (unpaired) electrons. The third-order valence-electron chi connectivity index (χ3n) is 4.10. The zero-order valence-electron chi connectivity index (χ0n) is 14.0. The van der Waals surface area contributed by atoms with Crippen molar-refractivity contribution in [1.29, 1.82) is 0 Å². The number of ether oxygens (including phenoxy) is 2.